The highest BCUT2D eigenvalue weighted by Gasteiger charge is 2.60. The van der Waals surface area contributed by atoms with E-state index < -0.39 is 9.84 Å². The zero-order valence-electron chi connectivity index (χ0n) is 14.7. The van der Waals surface area contributed by atoms with E-state index in [-0.39, 0.29) is 47.9 Å². The van der Waals surface area contributed by atoms with Crippen LogP contribution in [-0.2, 0) is 19.4 Å². The van der Waals surface area contributed by atoms with E-state index in [2.05, 4.69) is 5.32 Å². The molecule has 0 aromatic carbocycles. The third-order valence-corrected chi connectivity index (χ3v) is 7.99. The molecule has 0 spiro atoms. The van der Waals surface area contributed by atoms with Crippen LogP contribution >= 0.6 is 0 Å². The van der Waals surface area contributed by atoms with Crippen LogP contribution < -0.4 is 5.32 Å². The molecule has 3 heterocycles. The van der Waals surface area contributed by atoms with E-state index in [9.17, 15) is 18.0 Å². The lowest BCUT2D eigenvalue weighted by atomic mass is 10.0. The van der Waals surface area contributed by atoms with Gasteiger partial charge < -0.3 is 15.1 Å². The average Bonchev–Trinajstić information content (AvgIpc) is 2.87. The van der Waals surface area contributed by atoms with Crippen LogP contribution in [0.3, 0.4) is 0 Å². The number of likely N-dealkylation sites (N-methyl/N-ethyl adjacent to an activating group) is 1. The van der Waals surface area contributed by atoms with Gasteiger partial charge in [-0.1, -0.05) is 0 Å². The van der Waals surface area contributed by atoms with Crippen molar-refractivity contribution in [2.45, 2.75) is 12.1 Å². The summed E-state index contributed by atoms with van der Waals surface area (Å²) in [6, 6.07) is -0.571. The van der Waals surface area contributed by atoms with Crippen molar-refractivity contribution in [2.24, 2.45) is 17.8 Å². The van der Waals surface area contributed by atoms with Gasteiger partial charge in [-0.3, -0.25) is 14.5 Å². The molecule has 1 N–H and O–H groups in total. The van der Waals surface area contributed by atoms with E-state index in [1.54, 1.807) is 14.1 Å². The van der Waals surface area contributed by atoms with Crippen LogP contribution in [0, 0.1) is 17.8 Å². The number of carbonyl (C=O) groups is 2. The standard InChI is InChI=1S/C16H26N4O4S/c1-18(2)14(21)7-19-3-4-20(13-9-25(23,24)8-12(13)19)16(22)15-10-5-17-6-11(10)15/h10-13,15,17H,3-9H2,1-2H3/t10-,11+,12-,13+,15?/m1/s1. The zero-order chi connectivity index (χ0) is 17.9. The second kappa shape index (κ2) is 5.92. The number of fused-ring (bicyclic) bond motifs is 2. The first-order chi connectivity index (χ1) is 11.8. The van der Waals surface area contributed by atoms with Crippen molar-refractivity contribution in [3.63, 3.8) is 0 Å². The predicted molar refractivity (Wildman–Crippen MR) is 91.5 cm³/mol. The summed E-state index contributed by atoms with van der Waals surface area (Å²) in [5.74, 6) is 1.08. The number of carbonyl (C=O) groups excluding carboxylic acids is 2. The molecule has 8 nitrogen and oxygen atoms in total. The van der Waals surface area contributed by atoms with Crippen LogP contribution in [0.1, 0.15) is 0 Å². The smallest absolute Gasteiger partial charge is 0.236 e. The summed E-state index contributed by atoms with van der Waals surface area (Å²) in [4.78, 5) is 30.3. The Hall–Kier alpha value is -1.19. The van der Waals surface area contributed by atoms with Crippen molar-refractivity contribution in [3.8, 4) is 0 Å². The van der Waals surface area contributed by atoms with Crippen molar-refractivity contribution in [3.05, 3.63) is 0 Å². The molecule has 4 rings (SSSR count). The summed E-state index contributed by atoms with van der Waals surface area (Å²) in [7, 11) is 0.218. The summed E-state index contributed by atoms with van der Waals surface area (Å²) in [5.41, 5.74) is 0. The Morgan fingerprint density at radius 3 is 2.36 bits per heavy atom. The Kier molecular flexibility index (Phi) is 4.08. The van der Waals surface area contributed by atoms with Crippen LogP contribution in [0.15, 0.2) is 0 Å². The number of sulfone groups is 1. The van der Waals surface area contributed by atoms with Gasteiger partial charge in [0.05, 0.1) is 24.1 Å². The Morgan fingerprint density at radius 2 is 1.72 bits per heavy atom. The third-order valence-electron chi connectivity index (χ3n) is 6.29. The first-order valence-corrected chi connectivity index (χ1v) is 10.8. The van der Waals surface area contributed by atoms with Gasteiger partial charge in [-0.25, -0.2) is 8.42 Å². The maximum absolute atomic E-state index is 13.0. The molecule has 3 saturated heterocycles. The van der Waals surface area contributed by atoms with Crippen LogP contribution in [0.2, 0.25) is 0 Å². The normalized spacial score (nSPS) is 39.0. The minimum Gasteiger partial charge on any atom is -0.348 e. The number of amides is 2. The lowest BCUT2D eigenvalue weighted by Crippen LogP contribution is -2.62. The predicted octanol–water partition coefficient (Wildman–Crippen LogP) is -2.15. The molecule has 4 aliphatic rings. The summed E-state index contributed by atoms with van der Waals surface area (Å²) in [5, 5.41) is 3.29. The van der Waals surface area contributed by atoms with Crippen molar-refractivity contribution in [1.82, 2.24) is 20.0 Å². The van der Waals surface area contributed by atoms with Gasteiger partial charge in [-0.15, -0.1) is 0 Å². The van der Waals surface area contributed by atoms with E-state index >= 15 is 0 Å². The van der Waals surface area contributed by atoms with Gasteiger partial charge in [0.15, 0.2) is 9.84 Å². The lowest BCUT2D eigenvalue weighted by Gasteiger charge is -2.44. The fourth-order valence-electron chi connectivity index (χ4n) is 4.79. The summed E-state index contributed by atoms with van der Waals surface area (Å²) >= 11 is 0. The van der Waals surface area contributed by atoms with Gasteiger partial charge in [0, 0.05) is 39.1 Å². The van der Waals surface area contributed by atoms with Crippen molar-refractivity contribution in [2.75, 3.05) is 58.3 Å². The van der Waals surface area contributed by atoms with Gasteiger partial charge in [0.2, 0.25) is 11.8 Å². The van der Waals surface area contributed by atoms with Gasteiger partial charge >= 0.3 is 0 Å². The van der Waals surface area contributed by atoms with Gasteiger partial charge in [0.1, 0.15) is 0 Å². The van der Waals surface area contributed by atoms with Gasteiger partial charge in [0.25, 0.3) is 0 Å². The molecule has 2 amide bonds. The van der Waals surface area contributed by atoms with Gasteiger partial charge in [-0.05, 0) is 24.9 Å². The van der Waals surface area contributed by atoms with E-state index in [4.69, 9.17) is 0 Å². The highest BCUT2D eigenvalue weighted by molar-refractivity contribution is 7.91. The number of hydrogen-bond donors (Lipinski definition) is 1. The third kappa shape index (κ3) is 2.96. The van der Waals surface area contributed by atoms with Crippen LogP contribution in [0.4, 0.5) is 0 Å². The molecule has 4 fully saturated rings. The number of nitrogens with one attached hydrogen (secondary N) is 1. The Labute approximate surface area is 148 Å². The quantitative estimate of drug-likeness (QED) is 0.609. The average molecular weight is 370 g/mol. The highest BCUT2D eigenvalue weighted by atomic mass is 32.2. The largest absolute Gasteiger partial charge is 0.348 e. The number of hydrogen-bond acceptors (Lipinski definition) is 6. The fraction of sp³-hybridized carbons (Fsp3) is 0.875. The molecule has 9 heteroatoms. The van der Waals surface area contributed by atoms with Crippen LogP contribution in [0.25, 0.3) is 0 Å². The Bertz CT molecular complexity index is 684. The first-order valence-electron chi connectivity index (χ1n) is 8.94. The van der Waals surface area contributed by atoms with E-state index in [0.717, 1.165) is 13.1 Å². The fourth-order valence-corrected chi connectivity index (χ4v) is 6.80. The van der Waals surface area contributed by atoms with E-state index in [1.165, 1.54) is 4.90 Å². The van der Waals surface area contributed by atoms with Crippen LogP contribution in [0.5, 0.6) is 0 Å². The molecule has 5 atom stereocenters. The van der Waals surface area contributed by atoms with Crippen molar-refractivity contribution >= 4 is 21.7 Å². The molecule has 140 valence electrons. The SMILES string of the molecule is CN(C)C(=O)CN1CCN(C(=O)C2[C@H]3CNC[C@@H]23)[C@H]2CS(=O)(=O)C[C@H]21. The lowest BCUT2D eigenvalue weighted by molar-refractivity contribution is -0.140. The van der Waals surface area contributed by atoms with Crippen molar-refractivity contribution < 1.29 is 18.0 Å². The molecule has 1 aliphatic carbocycles. The molecule has 0 bridgehead atoms. The summed E-state index contributed by atoms with van der Waals surface area (Å²) in [6.07, 6.45) is 0. The zero-order valence-corrected chi connectivity index (χ0v) is 15.5. The molecule has 25 heavy (non-hydrogen) atoms. The number of nitrogens with zero attached hydrogens (tertiary/aromatic N) is 3. The van der Waals surface area contributed by atoms with Crippen LogP contribution in [-0.4, -0.2) is 105 Å². The number of piperidine rings is 1. The number of rotatable bonds is 3. The second-order valence-electron chi connectivity index (χ2n) is 8.01. The minimum absolute atomic E-state index is 0.0242. The molecule has 0 aromatic heterocycles. The molecule has 1 saturated carbocycles. The highest BCUT2D eigenvalue weighted by Crippen LogP contribution is 2.50. The van der Waals surface area contributed by atoms with Crippen molar-refractivity contribution in [1.29, 1.82) is 0 Å². The molecular weight excluding hydrogens is 344 g/mol. The monoisotopic (exact) mass is 370 g/mol. The molecule has 1 unspecified atom stereocenters. The Balaban J connectivity index is 1.51. The maximum atomic E-state index is 13.0. The van der Waals surface area contributed by atoms with E-state index in [1.807, 2.05) is 9.80 Å². The summed E-state index contributed by atoms with van der Waals surface area (Å²) in [6.45, 7) is 3.07. The maximum Gasteiger partial charge on any atom is 0.236 e. The number of piperazine rings is 1. The molecule has 0 aromatic rings. The first kappa shape index (κ1) is 17.2. The van der Waals surface area contributed by atoms with Gasteiger partial charge in [-0.2, -0.15) is 0 Å². The molecular formula is C16H26N4O4S. The van der Waals surface area contributed by atoms with E-state index in [0.29, 0.717) is 24.9 Å². The summed E-state index contributed by atoms with van der Waals surface area (Å²) < 4.78 is 24.5. The molecule has 0 radical (unpaired) electrons. The second-order valence-corrected chi connectivity index (χ2v) is 10.2. The topological polar surface area (TPSA) is 90.0 Å². The Morgan fingerprint density at radius 1 is 1.08 bits per heavy atom. The molecule has 3 aliphatic heterocycles. The minimum atomic E-state index is -3.18.